The molecule has 12 rings (SSSR count). The third-order valence-corrected chi connectivity index (χ3v) is 14.6. The summed E-state index contributed by atoms with van der Waals surface area (Å²) in [6.07, 6.45) is -25.7. The molecule has 0 amide bonds. The molecule has 0 saturated heterocycles. The highest BCUT2D eigenvalue weighted by Crippen LogP contribution is 2.33. The molecule has 12 heteroatoms. The molecule has 12 nitrogen and oxygen atoms in total. The first-order valence-corrected chi connectivity index (χ1v) is 34.2. The summed E-state index contributed by atoms with van der Waals surface area (Å²) < 4.78 is 554. The highest BCUT2D eigenvalue weighted by atomic mass is 16.5. The molecule has 0 radical (unpaired) electrons. The average molecular weight is 1600 g/mol. The van der Waals surface area contributed by atoms with Crippen molar-refractivity contribution in [2.75, 3.05) is 80.9 Å². The Morgan fingerprint density at radius 1 is 0.254 bits per heavy atom. The summed E-state index contributed by atoms with van der Waals surface area (Å²) >= 11 is 0. The average Bonchev–Trinajstić information content (AvgIpc) is 0.712. The van der Waals surface area contributed by atoms with Crippen molar-refractivity contribution in [2.45, 2.75) is 116 Å². The van der Waals surface area contributed by atoms with Crippen molar-refractivity contribution < 1.29 is 119 Å². The molecule has 12 aromatic carbocycles. The highest BCUT2D eigenvalue weighted by Gasteiger charge is 2.20. The normalized spacial score (nSPS) is 23.1. The summed E-state index contributed by atoms with van der Waals surface area (Å²) in [7, 11) is 0. The third-order valence-electron chi connectivity index (χ3n) is 14.6. The van der Waals surface area contributed by atoms with Crippen LogP contribution >= 0.6 is 0 Å². The zero-order chi connectivity index (χ0) is 138. The highest BCUT2D eigenvalue weighted by molar-refractivity contribution is 5.39. The monoisotopic (exact) mass is 1600 g/mol. The quantitative estimate of drug-likeness (QED) is 0.0224. The molecular weight excluding hydrogens is 1410 g/mol. The maximum atomic E-state index is 8.88. The number of aryl methyl sites for hydroxylation is 6. The van der Waals surface area contributed by atoms with E-state index >= 15 is 0 Å². The van der Waals surface area contributed by atoms with Gasteiger partial charge in [-0.1, -0.05) is 290 Å². The topological polar surface area (TPSA) is 128 Å². The number of benzene rings is 12. The van der Waals surface area contributed by atoms with Crippen LogP contribution in [0.4, 0.5) is 0 Å². The van der Waals surface area contributed by atoms with Gasteiger partial charge in [-0.15, -0.1) is 0 Å². The van der Waals surface area contributed by atoms with E-state index in [2.05, 4.69) is 5.32 Å². The predicted molar refractivity (Wildman–Crippen MR) is 477 cm³/mol. The molecule has 6 unspecified atom stereocenters. The smallest absolute Gasteiger partial charge is 0.125 e. The number of hydrogen-bond acceptors (Lipinski definition) is 12. The fourth-order valence-electron chi connectivity index (χ4n) is 8.98. The molecule has 6 N–H and O–H groups in total. The molecule has 0 saturated carbocycles. The molecule has 0 spiro atoms. The van der Waals surface area contributed by atoms with Gasteiger partial charge in [0, 0.05) is 82.2 Å². The van der Waals surface area contributed by atoms with Crippen LogP contribution < -0.4 is 60.3 Å². The van der Waals surface area contributed by atoms with Crippen LogP contribution in [0.5, 0.6) is 34.5 Å². The lowest BCUT2D eigenvalue weighted by atomic mass is 10.1. The molecule has 0 fully saturated rings. The molecule has 0 aromatic heterocycles. The van der Waals surface area contributed by atoms with E-state index in [9.17, 15) is 0 Å². The Bertz CT molecular complexity index is 7840. The van der Waals surface area contributed by atoms with Crippen LogP contribution in [-0.2, 0) is 0 Å². The molecule has 0 heterocycles. The summed E-state index contributed by atoms with van der Waals surface area (Å²) in [6, 6.07) is 17.3. The zero-order valence-electron chi connectivity index (χ0n) is 128. The third kappa shape index (κ3) is 33.1. The molecular formula is C102H126N6O6. The minimum atomic E-state index is -3.59. The van der Waals surface area contributed by atoms with Gasteiger partial charge in [-0.25, -0.2) is 0 Å². The number of hydrogen-bond donors (Lipinski definition) is 6. The molecule has 0 bridgehead atoms. The SMILES string of the molecule is [2H]c1c([2H])c([2H])c(C(CC([2H])([2H])NC([2H])([2H])[2H])Oc2ccccc2C)c([2H])c1[2H].[2H]c1c([2H])c([2H])c(C(Oc2ccccc2C)C([2H])([2H])C([2H])([2H])NC([2H])([2H])[2H])c([2H])c1[2H].[2H]c1c([2H])c([2H])c(C([2H])(CC([2H])([2H])NC([2H])([2H])[2H])Oc2ccccc2C)c([2H])c1[2H].[2H]c1c([2H])c([2H])c(C([2H])(CCNC([2H])([2H])[2H])Oc2ccccc2C)c([2H])c1[2H].[2H]c1c([2H])c([2H])c(C([2H])(Oc2ccccc2C)C([2H])([2H])C([2H])([2H])NC([2H])([2H])[2H])c([2H])c1[2H].[2H]c1c([2H])c([2H])c(C([2H])(Oc2ccccc2C)C([2H])([2H])CNC([2H])([2H])[2H])c([2H])c1[2H]. The molecule has 12 aromatic rings. The Hall–Kier alpha value is -10.8. The van der Waals surface area contributed by atoms with Gasteiger partial charge in [-0.05, 0) is 226 Å². The van der Waals surface area contributed by atoms with Crippen LogP contribution in [0.15, 0.2) is 327 Å². The van der Waals surface area contributed by atoms with Crippen molar-refractivity contribution in [3.8, 4) is 34.5 Å². The first-order chi connectivity index (χ1) is 81.7. The van der Waals surface area contributed by atoms with Gasteiger partial charge in [0.1, 0.15) is 71.0 Å². The van der Waals surface area contributed by atoms with Crippen LogP contribution in [0.3, 0.4) is 0 Å². The van der Waals surface area contributed by atoms with Gasteiger partial charge in [-0.2, -0.15) is 0 Å². The van der Waals surface area contributed by atoms with E-state index in [1.54, 1.807) is 167 Å². The van der Waals surface area contributed by atoms with Crippen molar-refractivity contribution in [1.82, 2.24) is 31.9 Å². The summed E-state index contributed by atoms with van der Waals surface area (Å²) in [6.45, 7) is -20.1. The fourth-order valence-corrected chi connectivity index (χ4v) is 8.98. The second kappa shape index (κ2) is 54.0. The van der Waals surface area contributed by atoms with Crippen LogP contribution in [0.2, 0.25) is 0 Å². The molecule has 114 heavy (non-hydrogen) atoms. The van der Waals surface area contributed by atoms with Gasteiger partial charge in [0.05, 0.1) is 46.6 Å². The summed E-state index contributed by atoms with van der Waals surface area (Å²) in [4.78, 5) is 0. The van der Waals surface area contributed by atoms with Crippen molar-refractivity contribution in [3.05, 3.63) is 394 Å². The molecule has 0 aliphatic rings. The number of para-hydroxylation sites is 6. The standard InChI is InChI=1S/6C17H21NO/c6*1-14-8-6-7-11-16(14)19-17(12-13-18-2)15-9-4-3-5-10-15/h6*3-11,17-18H,12-13H2,1-2H3/i2D3,3D,4D,5D,9D,10D,12D2,13D2,17D;2D3,3D,4D,5D,9D,10D,13D2,17D;2D3,3D,4D,5D,9D,10D,12D2,17D;2D3,3D,4D,5D,9D,10D,12D2,13D2;2D3,3D,4D,5D,9D,10D,17D;2D3,3D,4D,5D,9D,10D,13D2. The Kier molecular flexibility index (Phi) is 16.6. The maximum absolute atomic E-state index is 8.88. The largest absolute Gasteiger partial charge is 0.485 e. The Balaban J connectivity index is 0.000000288. The van der Waals surface area contributed by atoms with Gasteiger partial charge in [0.2, 0.25) is 0 Å². The Morgan fingerprint density at radius 2 is 0.509 bits per heavy atom. The fraction of sp³-hybridized carbons (Fsp3) is 0.294. The molecule has 0 aliphatic carbocycles. The van der Waals surface area contributed by atoms with Gasteiger partial charge in [0.25, 0.3) is 0 Å². The molecule has 600 valence electrons. The van der Waals surface area contributed by atoms with Crippen LogP contribution in [0.25, 0.3) is 0 Å². The van der Waals surface area contributed by atoms with Crippen molar-refractivity contribution in [3.63, 3.8) is 0 Å². The second-order valence-corrected chi connectivity index (χ2v) is 22.6. The summed E-state index contributed by atoms with van der Waals surface area (Å²) in [5, 5.41) is 11.0. The molecule has 0 aliphatic heterocycles. The number of rotatable bonds is 36. The van der Waals surface area contributed by atoms with E-state index < -0.39 is 346 Å². The van der Waals surface area contributed by atoms with Gasteiger partial charge in [0.15, 0.2) is 0 Å². The summed E-state index contributed by atoms with van der Waals surface area (Å²) in [5.74, 6) is 0.768. The lowest BCUT2D eigenvalue weighted by Gasteiger charge is -2.20. The van der Waals surface area contributed by atoms with Crippen molar-refractivity contribution >= 4 is 0 Å². The van der Waals surface area contributed by atoms with E-state index in [1.165, 1.54) is 35.6 Å². The summed E-state index contributed by atoms with van der Waals surface area (Å²) in [5.41, 5.74) is -0.150. The maximum Gasteiger partial charge on any atom is 0.125 e. The molecule has 6 atom stereocenters. The van der Waals surface area contributed by atoms with Crippen LogP contribution in [0, 0.1) is 41.5 Å². The van der Waals surface area contributed by atoms with Gasteiger partial charge < -0.3 is 60.3 Å². The number of nitrogens with one attached hydrogen (secondary N) is 6. The number of ether oxygens (including phenoxy) is 6. The Morgan fingerprint density at radius 3 is 0.860 bits per heavy atom. The minimum absolute atomic E-state index is 0.0528. The van der Waals surface area contributed by atoms with E-state index in [1.807, 2.05) is 10.6 Å². The first-order valence-electron chi connectivity index (χ1n) is 67.2. The first kappa shape index (κ1) is 35.1. The van der Waals surface area contributed by atoms with Crippen molar-refractivity contribution in [1.29, 1.82) is 0 Å². The zero-order valence-corrected chi connectivity index (χ0v) is 62.5. The minimum Gasteiger partial charge on any atom is -0.485 e. The van der Waals surface area contributed by atoms with Gasteiger partial charge >= 0.3 is 0 Å². The lowest BCUT2D eigenvalue weighted by molar-refractivity contribution is 0.193. The Labute approximate surface area is 776 Å². The van der Waals surface area contributed by atoms with E-state index in [0.717, 1.165) is 0 Å². The second-order valence-electron chi connectivity index (χ2n) is 22.6. The van der Waals surface area contributed by atoms with E-state index in [0.29, 0.717) is 44.9 Å². The lowest BCUT2D eigenvalue weighted by Crippen LogP contribution is -2.16. The van der Waals surface area contributed by atoms with Gasteiger partial charge in [-0.3, -0.25) is 0 Å². The van der Waals surface area contributed by atoms with Crippen LogP contribution in [0.1, 0.15) is 232 Å². The predicted octanol–water partition coefficient (Wildman–Crippen LogP) is 22.3. The van der Waals surface area contributed by atoms with E-state index in [-0.39, 0.29) is 47.1 Å². The van der Waals surface area contributed by atoms with Crippen LogP contribution in [-0.4, -0.2) is 80.9 Å². The van der Waals surface area contributed by atoms with E-state index in [4.69, 9.17) is 119 Å². The van der Waals surface area contributed by atoms with Crippen molar-refractivity contribution in [2.24, 2.45) is 0 Å².